The summed E-state index contributed by atoms with van der Waals surface area (Å²) >= 11 is 0. The number of rotatable bonds is 2. The fraction of sp³-hybridized carbons (Fsp3) is 0.381. The number of amides is 1. The van der Waals surface area contributed by atoms with Crippen LogP contribution in [0.1, 0.15) is 41.9 Å². The first kappa shape index (κ1) is 23.0. The van der Waals surface area contributed by atoms with Crippen molar-refractivity contribution in [2.45, 2.75) is 36.7 Å². The number of aromatic nitrogens is 1. The lowest BCUT2D eigenvalue weighted by Gasteiger charge is -2.42. The summed E-state index contributed by atoms with van der Waals surface area (Å²) in [6.07, 6.45) is -3.71. The number of carbonyl (C=O) groups excluding carboxylic acids is 1. The Balaban J connectivity index is 1.67. The minimum atomic E-state index is -4.56. The highest BCUT2D eigenvalue weighted by atomic mass is 32.2. The van der Waals surface area contributed by atoms with Crippen molar-refractivity contribution in [2.75, 3.05) is 17.7 Å². The van der Waals surface area contributed by atoms with Gasteiger partial charge in [-0.1, -0.05) is 0 Å². The number of anilines is 1. The summed E-state index contributed by atoms with van der Waals surface area (Å²) in [5.74, 6) is -0.597. The molecule has 8 nitrogen and oxygen atoms in total. The van der Waals surface area contributed by atoms with E-state index in [0.717, 1.165) is 12.1 Å². The van der Waals surface area contributed by atoms with E-state index in [4.69, 9.17) is 10.5 Å². The Bertz CT molecular complexity index is 1260. The highest BCUT2D eigenvalue weighted by Gasteiger charge is 2.52. The molecule has 1 aromatic heterocycles. The summed E-state index contributed by atoms with van der Waals surface area (Å²) in [6.45, 7) is 3.24. The third kappa shape index (κ3) is 3.92. The second-order valence-electron chi connectivity index (χ2n) is 8.49. The lowest BCUT2D eigenvalue weighted by molar-refractivity contribution is -0.137. The number of hydrogen-bond donors (Lipinski definition) is 2. The van der Waals surface area contributed by atoms with Crippen LogP contribution < -0.4 is 15.8 Å². The van der Waals surface area contributed by atoms with E-state index in [1.807, 2.05) is 0 Å². The standard InChI is InChI=1S/C21H21F3N4O4S/c1-19(2)18(25)28-20(11-33(19,30)31)7-8-32-16-6-4-13(9-14(16)20)27-17(29)15-5-3-12(10-26-15)21(22,23)24/h3-6,9-10H,7-8,11H2,1-2H3,(H2,25,28)(H,27,29). The SMILES string of the molecule is CC1(C)C(N)=NC2(CCOc3ccc(NC(=O)c4ccc(C(F)(F)F)cn4)cc32)CS1(=O)=O. The third-order valence-electron chi connectivity index (χ3n) is 5.99. The molecule has 1 amide bonds. The summed E-state index contributed by atoms with van der Waals surface area (Å²) in [7, 11) is -3.66. The summed E-state index contributed by atoms with van der Waals surface area (Å²) in [4.78, 5) is 20.7. The lowest BCUT2D eigenvalue weighted by Crippen LogP contribution is -2.56. The van der Waals surface area contributed by atoms with E-state index < -0.39 is 37.8 Å². The number of hydrogen-bond acceptors (Lipinski definition) is 7. The highest BCUT2D eigenvalue weighted by molar-refractivity contribution is 7.93. The highest BCUT2D eigenvalue weighted by Crippen LogP contribution is 2.46. The maximum absolute atomic E-state index is 13.0. The van der Waals surface area contributed by atoms with Crippen LogP contribution in [0.2, 0.25) is 0 Å². The molecule has 2 aliphatic rings. The molecule has 0 saturated carbocycles. The molecule has 2 aliphatic heterocycles. The number of amidine groups is 1. The smallest absolute Gasteiger partial charge is 0.417 e. The first-order chi connectivity index (χ1) is 15.3. The third-order valence-corrected chi connectivity index (χ3v) is 8.61. The van der Waals surface area contributed by atoms with Gasteiger partial charge in [0.25, 0.3) is 5.91 Å². The van der Waals surface area contributed by atoms with Crippen molar-refractivity contribution in [1.82, 2.24) is 4.98 Å². The number of benzene rings is 1. The van der Waals surface area contributed by atoms with E-state index >= 15 is 0 Å². The molecule has 4 rings (SSSR count). The maximum Gasteiger partial charge on any atom is 0.417 e. The van der Waals surface area contributed by atoms with Crippen molar-refractivity contribution in [3.05, 3.63) is 53.3 Å². The number of nitrogens with one attached hydrogen (secondary N) is 1. The van der Waals surface area contributed by atoms with Crippen LogP contribution in [0, 0.1) is 0 Å². The molecule has 1 spiro atoms. The van der Waals surface area contributed by atoms with E-state index in [1.165, 1.54) is 19.9 Å². The molecule has 0 radical (unpaired) electrons. The van der Waals surface area contributed by atoms with Gasteiger partial charge in [0.15, 0.2) is 9.84 Å². The van der Waals surface area contributed by atoms with Gasteiger partial charge in [0.05, 0.1) is 17.9 Å². The minimum Gasteiger partial charge on any atom is -0.493 e. The van der Waals surface area contributed by atoms with Crippen LogP contribution >= 0.6 is 0 Å². The number of alkyl halides is 3. The largest absolute Gasteiger partial charge is 0.493 e. The van der Waals surface area contributed by atoms with Crippen LogP contribution in [0.4, 0.5) is 18.9 Å². The van der Waals surface area contributed by atoms with Crippen LogP contribution in [0.25, 0.3) is 0 Å². The van der Waals surface area contributed by atoms with Gasteiger partial charge in [0.2, 0.25) is 0 Å². The second kappa shape index (κ2) is 7.44. The molecule has 12 heteroatoms. The Morgan fingerprint density at radius 2 is 1.94 bits per heavy atom. The molecule has 1 unspecified atom stereocenters. The van der Waals surface area contributed by atoms with Crippen LogP contribution in [-0.2, 0) is 21.6 Å². The van der Waals surface area contributed by atoms with Gasteiger partial charge in [-0.15, -0.1) is 0 Å². The van der Waals surface area contributed by atoms with Gasteiger partial charge < -0.3 is 15.8 Å². The zero-order valence-corrected chi connectivity index (χ0v) is 18.5. The molecule has 3 N–H and O–H groups in total. The summed E-state index contributed by atoms with van der Waals surface area (Å²) in [5.41, 5.74) is 4.44. The van der Waals surface area contributed by atoms with Crippen LogP contribution in [-0.4, -0.2) is 42.3 Å². The number of pyridine rings is 1. The number of carbonyl (C=O) groups is 1. The number of ether oxygens (including phenoxy) is 1. The molecule has 1 aromatic carbocycles. The van der Waals surface area contributed by atoms with Gasteiger partial charge >= 0.3 is 6.18 Å². The molecule has 1 atom stereocenters. The maximum atomic E-state index is 13.0. The zero-order chi connectivity index (χ0) is 24.2. The van der Waals surface area contributed by atoms with Crippen molar-refractivity contribution in [2.24, 2.45) is 10.7 Å². The number of nitrogens with two attached hydrogens (primary N) is 1. The lowest BCUT2D eigenvalue weighted by atomic mass is 9.85. The van der Waals surface area contributed by atoms with Gasteiger partial charge in [0.1, 0.15) is 27.6 Å². The van der Waals surface area contributed by atoms with Gasteiger partial charge in [0, 0.05) is 23.9 Å². The predicted octanol–water partition coefficient (Wildman–Crippen LogP) is 2.89. The predicted molar refractivity (Wildman–Crippen MR) is 115 cm³/mol. The number of sulfone groups is 1. The number of fused-ring (bicyclic) bond motifs is 2. The Morgan fingerprint density at radius 1 is 1.21 bits per heavy atom. The Morgan fingerprint density at radius 3 is 2.55 bits per heavy atom. The first-order valence-corrected chi connectivity index (χ1v) is 11.6. The summed E-state index contributed by atoms with van der Waals surface area (Å²) < 4.78 is 68.5. The van der Waals surface area contributed by atoms with Crippen molar-refractivity contribution in [3.8, 4) is 5.75 Å². The quantitative estimate of drug-likeness (QED) is 0.679. The Hall–Kier alpha value is -3.15. The normalized spacial score (nSPS) is 23.2. The molecular formula is C21H21F3N4O4S. The molecule has 0 aliphatic carbocycles. The Labute approximate surface area is 188 Å². The second-order valence-corrected chi connectivity index (χ2v) is 11.0. The Kier molecular flexibility index (Phi) is 5.19. The fourth-order valence-electron chi connectivity index (χ4n) is 3.77. The molecule has 0 fully saturated rings. The van der Waals surface area contributed by atoms with Gasteiger partial charge in [-0.05, 0) is 44.2 Å². The first-order valence-electron chi connectivity index (χ1n) is 9.95. The average molecular weight is 482 g/mol. The number of nitrogens with zero attached hydrogens (tertiary/aromatic N) is 2. The van der Waals surface area contributed by atoms with Crippen molar-refractivity contribution in [3.63, 3.8) is 0 Å². The average Bonchev–Trinajstić information content (AvgIpc) is 2.72. The van der Waals surface area contributed by atoms with Crippen LogP contribution in [0.3, 0.4) is 0 Å². The van der Waals surface area contributed by atoms with E-state index in [-0.39, 0.29) is 36.0 Å². The summed E-state index contributed by atoms with van der Waals surface area (Å²) in [6, 6.07) is 6.39. The fourth-order valence-corrected chi connectivity index (χ4v) is 5.49. The number of aliphatic imine (C=N–C) groups is 1. The van der Waals surface area contributed by atoms with E-state index in [9.17, 15) is 26.4 Å². The van der Waals surface area contributed by atoms with Gasteiger partial charge in [-0.25, -0.2) is 8.42 Å². The molecule has 33 heavy (non-hydrogen) atoms. The molecule has 3 heterocycles. The van der Waals surface area contributed by atoms with Crippen molar-refractivity contribution in [1.29, 1.82) is 0 Å². The van der Waals surface area contributed by atoms with E-state index in [2.05, 4.69) is 15.3 Å². The zero-order valence-electron chi connectivity index (χ0n) is 17.7. The molecule has 2 aromatic rings. The van der Waals surface area contributed by atoms with E-state index in [1.54, 1.807) is 12.1 Å². The number of halogens is 3. The van der Waals surface area contributed by atoms with Crippen molar-refractivity contribution >= 4 is 27.3 Å². The monoisotopic (exact) mass is 482 g/mol. The molecule has 0 saturated heterocycles. The van der Waals surface area contributed by atoms with E-state index in [0.29, 0.717) is 17.5 Å². The van der Waals surface area contributed by atoms with Crippen LogP contribution in [0.5, 0.6) is 5.75 Å². The van der Waals surface area contributed by atoms with Crippen LogP contribution in [0.15, 0.2) is 41.5 Å². The summed E-state index contributed by atoms with van der Waals surface area (Å²) in [5, 5.41) is 2.57. The van der Waals surface area contributed by atoms with Gasteiger partial charge in [-0.2, -0.15) is 13.2 Å². The molecular weight excluding hydrogens is 461 g/mol. The van der Waals surface area contributed by atoms with Gasteiger partial charge in [-0.3, -0.25) is 14.8 Å². The minimum absolute atomic E-state index is 0.00927. The molecule has 176 valence electrons. The van der Waals surface area contributed by atoms with Crippen molar-refractivity contribution < 1.29 is 31.1 Å². The topological polar surface area (TPSA) is 124 Å². The molecule has 0 bridgehead atoms.